The maximum atomic E-state index is 12.2. The Bertz CT molecular complexity index is 435. The fourth-order valence-corrected chi connectivity index (χ4v) is 2.51. The van der Waals surface area contributed by atoms with Gasteiger partial charge in [-0.2, -0.15) is 11.8 Å². The summed E-state index contributed by atoms with van der Waals surface area (Å²) in [5, 5.41) is 21.1. The number of ketones is 1. The van der Waals surface area contributed by atoms with Crippen molar-refractivity contribution in [3.05, 3.63) is 0 Å². The van der Waals surface area contributed by atoms with E-state index in [9.17, 15) is 19.5 Å². The molecular formula is C17H31NO6S. The van der Waals surface area contributed by atoms with Crippen molar-refractivity contribution in [1.82, 2.24) is 5.32 Å². The maximum Gasteiger partial charge on any atom is 0.329 e. The van der Waals surface area contributed by atoms with E-state index in [4.69, 9.17) is 9.84 Å². The number of aliphatic hydroxyl groups is 2. The number of esters is 1. The van der Waals surface area contributed by atoms with Crippen LogP contribution in [0.5, 0.6) is 0 Å². The quantitative estimate of drug-likeness (QED) is 0.436. The fraction of sp³-hybridized carbons (Fsp3) is 0.824. The lowest BCUT2D eigenvalue weighted by Gasteiger charge is -2.24. The van der Waals surface area contributed by atoms with Gasteiger partial charge < -0.3 is 20.3 Å². The molecular weight excluding hydrogens is 346 g/mol. The first kappa shape index (κ1) is 23.9. The molecule has 0 aromatic heterocycles. The maximum absolute atomic E-state index is 12.2. The molecule has 0 aromatic rings. The van der Waals surface area contributed by atoms with Crippen molar-refractivity contribution in [3.63, 3.8) is 0 Å². The summed E-state index contributed by atoms with van der Waals surface area (Å²) < 4.78 is 5.32. The van der Waals surface area contributed by atoms with Crippen molar-refractivity contribution in [1.29, 1.82) is 0 Å². The van der Waals surface area contributed by atoms with Crippen LogP contribution in [0.25, 0.3) is 0 Å². The van der Waals surface area contributed by atoms with Gasteiger partial charge >= 0.3 is 5.97 Å². The van der Waals surface area contributed by atoms with Gasteiger partial charge in [-0.05, 0) is 52.0 Å². The van der Waals surface area contributed by atoms with E-state index in [0.29, 0.717) is 18.6 Å². The Balaban J connectivity index is 4.45. The summed E-state index contributed by atoms with van der Waals surface area (Å²) in [4.78, 5) is 35.2. The van der Waals surface area contributed by atoms with E-state index in [2.05, 4.69) is 5.32 Å². The van der Waals surface area contributed by atoms with Crippen molar-refractivity contribution >= 4 is 29.4 Å². The largest absolute Gasteiger partial charge is 0.458 e. The molecule has 3 N–H and O–H groups in total. The van der Waals surface area contributed by atoms with Gasteiger partial charge in [0.2, 0.25) is 5.91 Å². The lowest BCUT2D eigenvalue weighted by Crippen LogP contribution is -2.45. The van der Waals surface area contributed by atoms with Crippen LogP contribution in [-0.4, -0.2) is 64.2 Å². The van der Waals surface area contributed by atoms with Crippen LogP contribution >= 0.6 is 11.8 Å². The Morgan fingerprint density at radius 3 is 2.36 bits per heavy atom. The first-order chi connectivity index (χ1) is 11.6. The van der Waals surface area contributed by atoms with E-state index in [1.807, 2.05) is 6.26 Å². The highest BCUT2D eigenvalue weighted by atomic mass is 32.2. The van der Waals surface area contributed by atoms with Gasteiger partial charge in [0.1, 0.15) is 18.2 Å². The molecule has 1 unspecified atom stereocenters. The molecule has 0 heterocycles. The van der Waals surface area contributed by atoms with Gasteiger partial charge in [-0.3, -0.25) is 9.59 Å². The molecule has 8 heteroatoms. The van der Waals surface area contributed by atoms with Crippen molar-refractivity contribution in [2.75, 3.05) is 18.6 Å². The van der Waals surface area contributed by atoms with Crippen molar-refractivity contribution in [2.45, 2.75) is 70.6 Å². The molecule has 146 valence electrons. The van der Waals surface area contributed by atoms with Gasteiger partial charge in [0, 0.05) is 6.42 Å². The molecule has 25 heavy (non-hydrogen) atoms. The van der Waals surface area contributed by atoms with E-state index in [-0.39, 0.29) is 25.0 Å². The van der Waals surface area contributed by atoms with Crippen molar-refractivity contribution < 1.29 is 29.3 Å². The highest BCUT2D eigenvalue weighted by Crippen LogP contribution is 2.12. The predicted octanol–water partition coefficient (Wildman–Crippen LogP) is 1.05. The molecule has 0 fully saturated rings. The molecule has 0 aromatic carbocycles. The summed E-state index contributed by atoms with van der Waals surface area (Å²) in [5.74, 6) is -0.523. The molecule has 0 rings (SSSR count). The van der Waals surface area contributed by atoms with Gasteiger partial charge in [0.25, 0.3) is 0 Å². The molecule has 0 spiro atoms. The van der Waals surface area contributed by atoms with Gasteiger partial charge in [0.15, 0.2) is 5.78 Å². The number of nitrogens with one attached hydrogen (secondary N) is 1. The van der Waals surface area contributed by atoms with E-state index in [1.165, 1.54) is 0 Å². The van der Waals surface area contributed by atoms with Gasteiger partial charge in [-0.15, -0.1) is 0 Å². The van der Waals surface area contributed by atoms with Gasteiger partial charge in [-0.25, -0.2) is 4.79 Å². The number of Topliss-reactive ketones (excluding diaryl/α,β-unsaturated/α-hetero) is 1. The second-order valence-corrected chi connectivity index (χ2v) is 7.87. The molecule has 0 aliphatic heterocycles. The fourth-order valence-electron chi connectivity index (χ4n) is 2.04. The van der Waals surface area contributed by atoms with Crippen LogP contribution in [0, 0.1) is 0 Å². The third-order valence-electron chi connectivity index (χ3n) is 3.23. The third kappa shape index (κ3) is 12.8. The zero-order valence-corrected chi connectivity index (χ0v) is 16.4. The monoisotopic (exact) mass is 377 g/mol. The number of hydrogen-bond donors (Lipinski definition) is 3. The first-order valence-electron chi connectivity index (χ1n) is 8.40. The second kappa shape index (κ2) is 12.3. The lowest BCUT2D eigenvalue weighted by atomic mass is 10.1. The number of carbonyl (C=O) groups is 3. The Kier molecular flexibility index (Phi) is 11.7. The van der Waals surface area contributed by atoms with E-state index in [1.54, 1.807) is 32.5 Å². The Morgan fingerprint density at radius 2 is 1.84 bits per heavy atom. The molecule has 0 radical (unpaired) electrons. The zero-order chi connectivity index (χ0) is 19.5. The van der Waals surface area contributed by atoms with Crippen LogP contribution in [0.3, 0.4) is 0 Å². The SMILES string of the molecule is CSCC[C@@H](NC(=O)CC(O)CCCC(=O)CO)C(=O)OC(C)(C)C. The minimum Gasteiger partial charge on any atom is -0.458 e. The Hall–Kier alpha value is -1.12. The molecule has 2 atom stereocenters. The Labute approximate surface area is 153 Å². The topological polar surface area (TPSA) is 113 Å². The summed E-state index contributed by atoms with van der Waals surface area (Å²) in [6.45, 7) is 4.77. The summed E-state index contributed by atoms with van der Waals surface area (Å²) in [5.41, 5.74) is -0.641. The molecule has 7 nitrogen and oxygen atoms in total. The van der Waals surface area contributed by atoms with Crippen LogP contribution in [0.1, 0.15) is 52.9 Å². The molecule has 0 aliphatic rings. The molecule has 0 bridgehead atoms. The van der Waals surface area contributed by atoms with Crippen LogP contribution in [-0.2, 0) is 19.1 Å². The number of hydrogen-bond acceptors (Lipinski definition) is 7. The molecule has 0 aliphatic carbocycles. The third-order valence-corrected chi connectivity index (χ3v) is 3.87. The second-order valence-electron chi connectivity index (χ2n) is 6.88. The van der Waals surface area contributed by atoms with E-state index >= 15 is 0 Å². The van der Waals surface area contributed by atoms with Gasteiger partial charge in [-0.1, -0.05) is 0 Å². The summed E-state index contributed by atoms with van der Waals surface area (Å²) in [7, 11) is 0. The first-order valence-corrected chi connectivity index (χ1v) is 9.80. The summed E-state index contributed by atoms with van der Waals surface area (Å²) >= 11 is 1.56. The number of aliphatic hydroxyl groups excluding tert-OH is 2. The number of carbonyl (C=O) groups excluding carboxylic acids is 3. The van der Waals surface area contributed by atoms with E-state index < -0.39 is 36.2 Å². The molecule has 1 amide bonds. The minimum atomic E-state index is -0.897. The smallest absolute Gasteiger partial charge is 0.329 e. The normalized spacial score (nSPS) is 13.8. The number of amides is 1. The van der Waals surface area contributed by atoms with Crippen LogP contribution < -0.4 is 5.32 Å². The van der Waals surface area contributed by atoms with Crippen molar-refractivity contribution in [3.8, 4) is 0 Å². The van der Waals surface area contributed by atoms with Gasteiger partial charge in [0.05, 0.1) is 12.5 Å². The molecule has 0 saturated heterocycles. The van der Waals surface area contributed by atoms with Crippen LogP contribution in [0.15, 0.2) is 0 Å². The number of thioether (sulfide) groups is 1. The van der Waals surface area contributed by atoms with E-state index in [0.717, 1.165) is 0 Å². The number of ether oxygens (including phenoxy) is 1. The zero-order valence-electron chi connectivity index (χ0n) is 15.5. The van der Waals surface area contributed by atoms with Crippen LogP contribution in [0.4, 0.5) is 0 Å². The highest BCUT2D eigenvalue weighted by molar-refractivity contribution is 7.98. The van der Waals surface area contributed by atoms with Crippen LogP contribution in [0.2, 0.25) is 0 Å². The summed E-state index contributed by atoms with van der Waals surface area (Å²) in [6, 6.07) is -0.748. The van der Waals surface area contributed by atoms with Crippen molar-refractivity contribution in [2.24, 2.45) is 0 Å². The summed E-state index contributed by atoms with van der Waals surface area (Å²) in [6.07, 6.45) is 2.16. The average Bonchev–Trinajstić information content (AvgIpc) is 2.49. The number of rotatable bonds is 12. The average molecular weight is 378 g/mol. The standard InChI is InChI=1S/C17H31NO6S/c1-17(2,3)24-16(23)14(8-9-25-4)18-15(22)10-12(20)6-5-7-13(21)11-19/h12,14,19-20H,5-11H2,1-4H3,(H,18,22)/t12?,14-/m1/s1. The highest BCUT2D eigenvalue weighted by Gasteiger charge is 2.26. The predicted molar refractivity (Wildman–Crippen MR) is 97.3 cm³/mol. The minimum absolute atomic E-state index is 0.147. The molecule has 0 saturated carbocycles. The lowest BCUT2D eigenvalue weighted by molar-refractivity contribution is -0.158. The Morgan fingerprint density at radius 1 is 1.20 bits per heavy atom.